The number of ether oxygens (including phenoxy) is 1. The zero-order valence-electron chi connectivity index (χ0n) is 13.5. The molecule has 2 aromatic rings. The Bertz CT molecular complexity index is 733. The van der Waals surface area contributed by atoms with Crippen LogP contribution in [0.1, 0.15) is 18.2 Å². The maximum absolute atomic E-state index is 10.8. The van der Waals surface area contributed by atoms with Crippen molar-refractivity contribution in [3.8, 4) is 5.75 Å². The standard InChI is InChI=1S/C15H17NO.CH2F3NO2S/c1-2-13-8-9-14(16-12-13)10-11-17-15-6-4-3-5-7-15;2-1(3,4)8(5,6)7/h3-9,12H,2,10-11H2,1H3;(H2,5,6,7). The lowest BCUT2D eigenvalue weighted by atomic mass is 10.2. The number of primary sulfonamides is 1. The van der Waals surface area contributed by atoms with Gasteiger partial charge in [0.1, 0.15) is 5.75 Å². The molecule has 0 unspecified atom stereocenters. The summed E-state index contributed by atoms with van der Waals surface area (Å²) in [4.78, 5) is 4.40. The van der Waals surface area contributed by atoms with Gasteiger partial charge in [0, 0.05) is 18.3 Å². The maximum Gasteiger partial charge on any atom is 0.511 e. The van der Waals surface area contributed by atoms with Crippen LogP contribution in [0, 0.1) is 0 Å². The molecule has 25 heavy (non-hydrogen) atoms. The number of para-hydroxylation sites is 1. The van der Waals surface area contributed by atoms with Crippen LogP contribution < -0.4 is 9.88 Å². The Labute approximate surface area is 144 Å². The summed E-state index contributed by atoms with van der Waals surface area (Å²) in [5, 5.41) is 3.66. The molecule has 0 saturated heterocycles. The van der Waals surface area contributed by atoms with Crippen molar-refractivity contribution in [3.63, 3.8) is 0 Å². The predicted molar refractivity (Wildman–Crippen MR) is 88.4 cm³/mol. The monoisotopic (exact) mass is 376 g/mol. The maximum atomic E-state index is 10.8. The highest BCUT2D eigenvalue weighted by molar-refractivity contribution is 7.90. The summed E-state index contributed by atoms with van der Waals surface area (Å²) in [7, 11) is -5.34. The van der Waals surface area contributed by atoms with Crippen molar-refractivity contribution in [2.24, 2.45) is 5.14 Å². The van der Waals surface area contributed by atoms with E-state index in [4.69, 9.17) is 4.74 Å². The van der Waals surface area contributed by atoms with Gasteiger partial charge in [-0.2, -0.15) is 13.2 Å². The number of rotatable bonds is 5. The molecule has 0 bridgehead atoms. The van der Waals surface area contributed by atoms with Gasteiger partial charge in [0.2, 0.25) is 0 Å². The number of aryl methyl sites for hydroxylation is 1. The number of benzene rings is 1. The second kappa shape index (κ2) is 9.38. The minimum atomic E-state index is -5.34. The van der Waals surface area contributed by atoms with E-state index in [1.165, 1.54) is 5.56 Å². The van der Waals surface area contributed by atoms with Gasteiger partial charge in [0.05, 0.1) is 6.61 Å². The van der Waals surface area contributed by atoms with E-state index in [1.54, 1.807) is 0 Å². The van der Waals surface area contributed by atoms with Gasteiger partial charge in [-0.25, -0.2) is 13.6 Å². The molecule has 2 N–H and O–H groups in total. The van der Waals surface area contributed by atoms with E-state index >= 15 is 0 Å². The SMILES string of the molecule is CCc1ccc(CCOc2ccccc2)nc1.NS(=O)(=O)C(F)(F)F. The van der Waals surface area contributed by atoms with E-state index in [0.717, 1.165) is 24.3 Å². The number of aromatic nitrogens is 1. The molecule has 1 heterocycles. The van der Waals surface area contributed by atoms with E-state index in [-0.39, 0.29) is 0 Å². The first-order chi connectivity index (χ1) is 11.6. The number of alkyl halides is 3. The topological polar surface area (TPSA) is 82.3 Å². The molecule has 9 heteroatoms. The van der Waals surface area contributed by atoms with E-state index in [1.807, 2.05) is 36.5 Å². The van der Waals surface area contributed by atoms with Crippen molar-refractivity contribution < 1.29 is 26.3 Å². The van der Waals surface area contributed by atoms with Crippen LogP contribution in [0.25, 0.3) is 0 Å². The molecule has 1 aromatic carbocycles. The number of nitrogens with zero attached hydrogens (tertiary/aromatic N) is 1. The number of pyridine rings is 1. The molecule has 0 atom stereocenters. The molecule has 0 radical (unpaired) electrons. The minimum Gasteiger partial charge on any atom is -0.493 e. The summed E-state index contributed by atoms with van der Waals surface area (Å²) in [5.41, 5.74) is -2.96. The third kappa shape index (κ3) is 7.99. The third-order valence-electron chi connectivity index (χ3n) is 2.99. The van der Waals surface area contributed by atoms with Crippen molar-refractivity contribution in [1.82, 2.24) is 4.98 Å². The van der Waals surface area contributed by atoms with Crippen molar-refractivity contribution in [2.45, 2.75) is 25.3 Å². The van der Waals surface area contributed by atoms with Crippen LogP contribution in [-0.2, 0) is 22.9 Å². The molecule has 138 valence electrons. The van der Waals surface area contributed by atoms with Crippen LogP contribution in [-0.4, -0.2) is 25.5 Å². The predicted octanol–water partition coefficient (Wildman–Crippen LogP) is 3.06. The lowest BCUT2D eigenvalue weighted by Crippen LogP contribution is -2.30. The Kier molecular flexibility index (Phi) is 7.85. The second-order valence-electron chi connectivity index (χ2n) is 4.91. The first-order valence-corrected chi connectivity index (χ1v) is 8.89. The Morgan fingerprint density at radius 1 is 1.12 bits per heavy atom. The fourth-order valence-electron chi connectivity index (χ4n) is 1.60. The average molecular weight is 376 g/mol. The average Bonchev–Trinajstić information content (AvgIpc) is 2.55. The first kappa shape index (κ1) is 20.9. The lowest BCUT2D eigenvalue weighted by molar-refractivity contribution is -0.0436. The summed E-state index contributed by atoms with van der Waals surface area (Å²) < 4.78 is 56.8. The molecule has 1 aromatic heterocycles. The summed E-state index contributed by atoms with van der Waals surface area (Å²) in [6, 6.07) is 14.1. The van der Waals surface area contributed by atoms with Crippen molar-refractivity contribution in [3.05, 3.63) is 59.9 Å². The number of sulfonamides is 1. The molecule has 0 spiro atoms. The van der Waals surface area contributed by atoms with Gasteiger partial charge in [-0.1, -0.05) is 31.2 Å². The second-order valence-corrected chi connectivity index (χ2v) is 6.47. The van der Waals surface area contributed by atoms with Crippen molar-refractivity contribution in [2.75, 3.05) is 6.61 Å². The minimum absolute atomic E-state index is 0.669. The van der Waals surface area contributed by atoms with Crippen molar-refractivity contribution in [1.29, 1.82) is 0 Å². The largest absolute Gasteiger partial charge is 0.511 e. The Morgan fingerprint density at radius 3 is 2.16 bits per heavy atom. The molecule has 0 aliphatic carbocycles. The molecular formula is C16H19F3N2O3S. The number of halogens is 3. The van der Waals surface area contributed by atoms with Gasteiger partial charge in [0.15, 0.2) is 0 Å². The van der Waals surface area contributed by atoms with Crippen LogP contribution in [0.15, 0.2) is 48.7 Å². The summed E-state index contributed by atoms with van der Waals surface area (Å²) >= 11 is 0. The van der Waals surface area contributed by atoms with E-state index < -0.39 is 15.5 Å². The lowest BCUT2D eigenvalue weighted by Gasteiger charge is -2.05. The Balaban J connectivity index is 0.000000333. The third-order valence-corrected chi connectivity index (χ3v) is 3.63. The quantitative estimate of drug-likeness (QED) is 0.869. The van der Waals surface area contributed by atoms with Crippen LogP contribution in [0.3, 0.4) is 0 Å². The van der Waals surface area contributed by atoms with Gasteiger partial charge in [-0.15, -0.1) is 0 Å². The summed E-state index contributed by atoms with van der Waals surface area (Å²) in [6.07, 6.45) is 3.82. The number of hydrogen-bond donors (Lipinski definition) is 1. The highest BCUT2D eigenvalue weighted by Crippen LogP contribution is 2.18. The zero-order valence-corrected chi connectivity index (χ0v) is 14.3. The summed E-state index contributed by atoms with van der Waals surface area (Å²) in [6.45, 7) is 2.80. The fourth-order valence-corrected chi connectivity index (χ4v) is 1.60. The van der Waals surface area contributed by atoms with Gasteiger partial charge in [0.25, 0.3) is 0 Å². The molecule has 0 fully saturated rings. The van der Waals surface area contributed by atoms with Crippen LogP contribution in [0.5, 0.6) is 5.75 Å². The first-order valence-electron chi connectivity index (χ1n) is 7.34. The van der Waals surface area contributed by atoms with Gasteiger partial charge in [-0.05, 0) is 30.2 Å². The Hall–Kier alpha value is -2.13. The van der Waals surface area contributed by atoms with Crippen LogP contribution in [0.4, 0.5) is 13.2 Å². The molecule has 0 aliphatic heterocycles. The molecule has 0 saturated carbocycles. The van der Waals surface area contributed by atoms with Gasteiger partial charge >= 0.3 is 15.5 Å². The molecular weight excluding hydrogens is 357 g/mol. The molecule has 5 nitrogen and oxygen atoms in total. The summed E-state index contributed by atoms with van der Waals surface area (Å²) in [5.74, 6) is 0.915. The smallest absolute Gasteiger partial charge is 0.493 e. The number of nitrogens with two attached hydrogens (primary N) is 1. The van der Waals surface area contributed by atoms with E-state index in [0.29, 0.717) is 6.61 Å². The number of hydrogen-bond acceptors (Lipinski definition) is 4. The van der Waals surface area contributed by atoms with Gasteiger partial charge in [-0.3, -0.25) is 4.98 Å². The van der Waals surface area contributed by atoms with E-state index in [9.17, 15) is 21.6 Å². The molecule has 0 aliphatic rings. The molecule has 0 amide bonds. The fraction of sp³-hybridized carbons (Fsp3) is 0.312. The van der Waals surface area contributed by atoms with Crippen molar-refractivity contribution >= 4 is 10.0 Å². The highest BCUT2D eigenvalue weighted by Gasteiger charge is 2.42. The normalized spacial score (nSPS) is 11.4. The van der Waals surface area contributed by atoms with Crippen LogP contribution in [0.2, 0.25) is 0 Å². The Morgan fingerprint density at radius 2 is 1.72 bits per heavy atom. The van der Waals surface area contributed by atoms with E-state index in [2.05, 4.69) is 29.2 Å². The molecule has 2 rings (SSSR count). The highest BCUT2D eigenvalue weighted by atomic mass is 32.2. The van der Waals surface area contributed by atoms with Crippen LogP contribution >= 0.6 is 0 Å². The zero-order chi connectivity index (χ0) is 18.9. The van der Waals surface area contributed by atoms with Gasteiger partial charge < -0.3 is 4.74 Å².